The van der Waals surface area contributed by atoms with E-state index in [9.17, 15) is 9.59 Å². The second-order valence-corrected chi connectivity index (χ2v) is 7.80. The fourth-order valence-electron chi connectivity index (χ4n) is 2.98. The molecule has 1 fully saturated rings. The summed E-state index contributed by atoms with van der Waals surface area (Å²) in [7, 11) is 0. The average Bonchev–Trinajstić information content (AvgIpc) is 2.87. The number of hydrogen-bond donors (Lipinski definition) is 0. The van der Waals surface area contributed by atoms with Gasteiger partial charge < -0.3 is 14.5 Å². The molecule has 1 aromatic heterocycles. The molecule has 0 radical (unpaired) electrons. The molecule has 0 saturated carbocycles. The van der Waals surface area contributed by atoms with Crippen LogP contribution in [0.3, 0.4) is 0 Å². The van der Waals surface area contributed by atoms with E-state index in [0.29, 0.717) is 19.5 Å². The van der Waals surface area contributed by atoms with Crippen molar-refractivity contribution in [2.75, 3.05) is 19.6 Å². The molecule has 1 saturated heterocycles. The Morgan fingerprint density at radius 2 is 1.73 bits per heavy atom. The fraction of sp³-hybridized carbons (Fsp3) is 0.650. The molecule has 0 aliphatic carbocycles. The van der Waals surface area contributed by atoms with E-state index in [1.165, 1.54) is 12.8 Å². The molecule has 6 heteroatoms. The first kappa shape index (κ1) is 20.2. The molecule has 0 bridgehead atoms. The Balaban J connectivity index is 1.98. The van der Waals surface area contributed by atoms with Crippen LogP contribution in [0.4, 0.5) is 4.79 Å². The van der Waals surface area contributed by atoms with Crippen LogP contribution in [0.2, 0.25) is 0 Å². The molecule has 144 valence electrons. The fourth-order valence-corrected chi connectivity index (χ4v) is 2.98. The third-order valence-corrected chi connectivity index (χ3v) is 4.33. The van der Waals surface area contributed by atoms with Gasteiger partial charge in [-0.05, 0) is 51.3 Å². The van der Waals surface area contributed by atoms with Gasteiger partial charge >= 0.3 is 6.09 Å². The van der Waals surface area contributed by atoms with E-state index in [0.717, 1.165) is 31.5 Å². The first-order valence-corrected chi connectivity index (χ1v) is 9.50. The number of pyridine rings is 1. The number of ether oxygens (including phenoxy) is 1. The lowest BCUT2D eigenvalue weighted by atomic mass is 10.2. The molecule has 26 heavy (non-hydrogen) atoms. The maximum absolute atomic E-state index is 12.6. The highest BCUT2D eigenvalue weighted by Gasteiger charge is 2.24. The molecular formula is C20H31N3O3. The number of carbonyl (C=O) groups is 2. The number of hydrogen-bond acceptors (Lipinski definition) is 4. The molecule has 1 aromatic rings. The van der Waals surface area contributed by atoms with Crippen molar-refractivity contribution < 1.29 is 14.3 Å². The van der Waals surface area contributed by atoms with Crippen LogP contribution in [0.25, 0.3) is 0 Å². The lowest BCUT2D eigenvalue weighted by molar-refractivity contribution is -0.131. The van der Waals surface area contributed by atoms with Gasteiger partial charge in [-0.15, -0.1) is 0 Å². The second kappa shape index (κ2) is 9.55. The van der Waals surface area contributed by atoms with Gasteiger partial charge in [0.05, 0.1) is 0 Å². The van der Waals surface area contributed by atoms with Crippen molar-refractivity contribution in [2.24, 2.45) is 0 Å². The number of amides is 2. The zero-order valence-corrected chi connectivity index (χ0v) is 16.2. The van der Waals surface area contributed by atoms with Crippen molar-refractivity contribution in [3.8, 4) is 0 Å². The van der Waals surface area contributed by atoms with Gasteiger partial charge in [0.1, 0.15) is 5.60 Å². The van der Waals surface area contributed by atoms with Crippen LogP contribution in [-0.2, 0) is 16.1 Å². The maximum Gasteiger partial charge on any atom is 0.410 e. The van der Waals surface area contributed by atoms with Gasteiger partial charge in [-0.2, -0.15) is 0 Å². The molecule has 0 unspecified atom stereocenters. The lowest BCUT2D eigenvalue weighted by Gasteiger charge is -2.28. The van der Waals surface area contributed by atoms with Crippen LogP contribution >= 0.6 is 0 Å². The Hall–Kier alpha value is -2.11. The molecule has 0 aromatic carbocycles. The minimum Gasteiger partial charge on any atom is -0.444 e. The minimum absolute atomic E-state index is 0.121. The molecule has 0 atom stereocenters. The summed E-state index contributed by atoms with van der Waals surface area (Å²) in [6, 6.07) is 3.74. The average molecular weight is 361 g/mol. The van der Waals surface area contributed by atoms with Crippen molar-refractivity contribution >= 4 is 12.0 Å². The Morgan fingerprint density at radius 3 is 2.31 bits per heavy atom. The summed E-state index contributed by atoms with van der Waals surface area (Å²) < 4.78 is 5.52. The van der Waals surface area contributed by atoms with Gasteiger partial charge in [-0.3, -0.25) is 9.78 Å². The van der Waals surface area contributed by atoms with E-state index >= 15 is 0 Å². The Morgan fingerprint density at radius 1 is 1.12 bits per heavy atom. The third kappa shape index (κ3) is 7.02. The van der Waals surface area contributed by atoms with E-state index in [2.05, 4.69) is 4.98 Å². The second-order valence-electron chi connectivity index (χ2n) is 7.80. The first-order valence-electron chi connectivity index (χ1n) is 9.50. The van der Waals surface area contributed by atoms with Crippen molar-refractivity contribution in [2.45, 2.75) is 65.0 Å². The normalized spacial score (nSPS) is 15.3. The molecule has 0 N–H and O–H groups in total. The van der Waals surface area contributed by atoms with Crippen LogP contribution in [-0.4, -0.2) is 52.0 Å². The van der Waals surface area contributed by atoms with E-state index in [1.54, 1.807) is 17.3 Å². The Kier molecular flexibility index (Phi) is 7.42. The van der Waals surface area contributed by atoms with Crippen molar-refractivity contribution in [1.29, 1.82) is 0 Å². The van der Waals surface area contributed by atoms with Gasteiger partial charge in [-0.1, -0.05) is 12.8 Å². The summed E-state index contributed by atoms with van der Waals surface area (Å²) in [6.45, 7) is 7.95. The van der Waals surface area contributed by atoms with Crippen LogP contribution < -0.4 is 0 Å². The third-order valence-electron chi connectivity index (χ3n) is 4.33. The molecular weight excluding hydrogens is 330 g/mol. The summed E-state index contributed by atoms with van der Waals surface area (Å²) in [6.07, 6.45) is 7.85. The zero-order valence-electron chi connectivity index (χ0n) is 16.2. The van der Waals surface area contributed by atoms with Gasteiger partial charge in [0.2, 0.25) is 5.91 Å². The van der Waals surface area contributed by atoms with E-state index in [-0.39, 0.29) is 5.91 Å². The summed E-state index contributed by atoms with van der Waals surface area (Å²) in [5, 5.41) is 0. The lowest BCUT2D eigenvalue weighted by Crippen LogP contribution is -2.40. The van der Waals surface area contributed by atoms with E-state index < -0.39 is 11.7 Å². The first-order chi connectivity index (χ1) is 12.3. The molecule has 2 heterocycles. The standard InChI is InChI=1S/C20H31N3O3/c1-20(2,3)26-19(25)23(16-17-8-11-21-12-9-17)15-10-18(24)22-13-6-4-5-7-14-22/h8-9,11-12H,4-7,10,13-16H2,1-3H3. The number of aromatic nitrogens is 1. The minimum atomic E-state index is -0.567. The summed E-state index contributed by atoms with van der Waals surface area (Å²) in [5.74, 6) is 0.121. The van der Waals surface area contributed by atoms with Crippen molar-refractivity contribution in [3.05, 3.63) is 30.1 Å². The topological polar surface area (TPSA) is 62.7 Å². The van der Waals surface area contributed by atoms with Crippen molar-refractivity contribution in [3.63, 3.8) is 0 Å². The number of rotatable bonds is 5. The van der Waals surface area contributed by atoms with Gasteiger partial charge in [0.15, 0.2) is 0 Å². The zero-order chi connectivity index (χ0) is 19.0. The predicted octanol–water partition coefficient (Wildman–Crippen LogP) is 3.61. The number of nitrogens with zero attached hydrogens (tertiary/aromatic N) is 3. The Bertz CT molecular complexity index is 576. The summed E-state index contributed by atoms with van der Waals surface area (Å²) in [4.78, 5) is 32.7. The molecule has 2 amide bonds. The summed E-state index contributed by atoms with van der Waals surface area (Å²) in [5.41, 5.74) is 0.399. The monoisotopic (exact) mass is 361 g/mol. The van der Waals surface area contributed by atoms with Gasteiger partial charge in [-0.25, -0.2) is 4.79 Å². The van der Waals surface area contributed by atoms with Crippen LogP contribution in [0.15, 0.2) is 24.5 Å². The maximum atomic E-state index is 12.6. The SMILES string of the molecule is CC(C)(C)OC(=O)N(CCC(=O)N1CCCCCC1)Cc1ccncc1. The van der Waals surface area contributed by atoms with Crippen LogP contribution in [0.5, 0.6) is 0 Å². The number of carbonyl (C=O) groups excluding carboxylic acids is 2. The molecule has 1 aliphatic rings. The molecule has 6 nitrogen and oxygen atoms in total. The largest absolute Gasteiger partial charge is 0.444 e. The Labute approximate surface area is 156 Å². The molecule has 2 rings (SSSR count). The molecule has 0 spiro atoms. The number of likely N-dealkylation sites (tertiary alicyclic amines) is 1. The van der Waals surface area contributed by atoms with E-state index in [4.69, 9.17) is 4.74 Å². The predicted molar refractivity (Wildman–Crippen MR) is 101 cm³/mol. The van der Waals surface area contributed by atoms with Crippen LogP contribution in [0.1, 0.15) is 58.4 Å². The highest BCUT2D eigenvalue weighted by molar-refractivity contribution is 5.77. The smallest absolute Gasteiger partial charge is 0.410 e. The highest BCUT2D eigenvalue weighted by atomic mass is 16.6. The quantitative estimate of drug-likeness (QED) is 0.804. The molecule has 1 aliphatic heterocycles. The van der Waals surface area contributed by atoms with Gasteiger partial charge in [0, 0.05) is 45.0 Å². The van der Waals surface area contributed by atoms with Gasteiger partial charge in [0.25, 0.3) is 0 Å². The van der Waals surface area contributed by atoms with Crippen molar-refractivity contribution in [1.82, 2.24) is 14.8 Å². The van der Waals surface area contributed by atoms with E-state index in [1.807, 2.05) is 37.8 Å². The summed E-state index contributed by atoms with van der Waals surface area (Å²) >= 11 is 0. The van der Waals surface area contributed by atoms with Crippen LogP contribution in [0, 0.1) is 0 Å². The highest BCUT2D eigenvalue weighted by Crippen LogP contribution is 2.15.